The van der Waals surface area contributed by atoms with E-state index in [1.165, 1.54) is 5.69 Å². The molecular weight excluding hydrogens is 186 g/mol. The van der Waals surface area contributed by atoms with Crippen molar-refractivity contribution in [2.24, 2.45) is 0 Å². The molecular formula is C12H17N3. The average molecular weight is 203 g/mol. The summed E-state index contributed by atoms with van der Waals surface area (Å²) >= 11 is 0. The second kappa shape index (κ2) is 3.33. The molecule has 0 atom stereocenters. The fraction of sp³-hybridized carbons (Fsp3) is 0.500. The fourth-order valence-corrected chi connectivity index (χ4v) is 1.93. The molecule has 2 aromatic heterocycles. The van der Waals surface area contributed by atoms with Crippen LogP contribution < -0.4 is 0 Å². The zero-order valence-corrected chi connectivity index (χ0v) is 9.78. The van der Waals surface area contributed by atoms with Crippen LogP contribution in [0.25, 0.3) is 5.65 Å². The average Bonchev–Trinajstić information content (AvgIpc) is 2.54. The molecule has 0 bridgehead atoms. The van der Waals surface area contributed by atoms with Gasteiger partial charge in [0.15, 0.2) is 5.65 Å². The normalized spacial score (nSPS) is 12.3. The summed E-state index contributed by atoms with van der Waals surface area (Å²) in [5, 5.41) is 4.37. The smallest absolute Gasteiger partial charge is 0.154 e. The van der Waals surface area contributed by atoms with E-state index in [9.17, 15) is 0 Å². The third-order valence-electron chi connectivity index (χ3n) is 2.51. The van der Waals surface area contributed by atoms with E-state index in [2.05, 4.69) is 37.8 Å². The summed E-state index contributed by atoms with van der Waals surface area (Å²) in [6.45, 7) is 8.73. The van der Waals surface area contributed by atoms with Crippen molar-refractivity contribution in [2.45, 2.75) is 39.5 Å². The Morgan fingerprint density at radius 3 is 2.67 bits per heavy atom. The molecule has 0 amide bonds. The van der Waals surface area contributed by atoms with Crippen LogP contribution in [0.4, 0.5) is 0 Å². The van der Waals surface area contributed by atoms with Crippen molar-refractivity contribution in [1.82, 2.24) is 14.6 Å². The van der Waals surface area contributed by atoms with Crippen molar-refractivity contribution in [1.29, 1.82) is 0 Å². The predicted molar refractivity (Wildman–Crippen MR) is 61.1 cm³/mol. The second-order valence-electron chi connectivity index (χ2n) is 4.80. The highest BCUT2D eigenvalue weighted by Gasteiger charge is 2.23. The van der Waals surface area contributed by atoms with Crippen LogP contribution >= 0.6 is 0 Å². The molecule has 0 aliphatic carbocycles. The van der Waals surface area contributed by atoms with Crippen molar-refractivity contribution in [3.8, 4) is 0 Å². The van der Waals surface area contributed by atoms with Gasteiger partial charge in [-0.2, -0.15) is 5.10 Å². The predicted octanol–water partition coefficient (Wildman–Crippen LogP) is 2.59. The lowest BCUT2D eigenvalue weighted by Gasteiger charge is -2.18. The molecule has 0 aromatic carbocycles. The lowest BCUT2D eigenvalue weighted by molar-refractivity contribution is 0.543. The molecule has 0 unspecified atom stereocenters. The van der Waals surface area contributed by atoms with Gasteiger partial charge in [-0.25, -0.2) is 9.50 Å². The Morgan fingerprint density at radius 2 is 2.07 bits per heavy atom. The van der Waals surface area contributed by atoms with Gasteiger partial charge in [0.05, 0.1) is 11.4 Å². The van der Waals surface area contributed by atoms with E-state index in [0.717, 1.165) is 17.8 Å². The van der Waals surface area contributed by atoms with Crippen LogP contribution in [-0.2, 0) is 11.8 Å². The largest absolute Gasteiger partial charge is 0.232 e. The Balaban J connectivity index is 2.79. The lowest BCUT2D eigenvalue weighted by atomic mass is 9.90. The van der Waals surface area contributed by atoms with E-state index in [4.69, 9.17) is 0 Å². The van der Waals surface area contributed by atoms with Crippen LogP contribution in [-0.4, -0.2) is 14.6 Å². The highest BCUT2D eigenvalue weighted by atomic mass is 15.3. The Hall–Kier alpha value is -1.38. The minimum absolute atomic E-state index is 0.0825. The molecule has 0 N–H and O–H groups in total. The van der Waals surface area contributed by atoms with Gasteiger partial charge < -0.3 is 0 Å². The molecule has 0 aliphatic rings. The first-order valence-electron chi connectivity index (χ1n) is 5.37. The highest BCUT2D eigenvalue weighted by molar-refractivity contribution is 5.43. The first kappa shape index (κ1) is 10.1. The molecule has 0 saturated carbocycles. The molecule has 3 heteroatoms. The van der Waals surface area contributed by atoms with Crippen molar-refractivity contribution in [3.63, 3.8) is 0 Å². The summed E-state index contributed by atoms with van der Waals surface area (Å²) < 4.78 is 1.96. The molecule has 80 valence electrons. The van der Waals surface area contributed by atoms with E-state index in [1.54, 1.807) is 0 Å². The monoisotopic (exact) mass is 203 g/mol. The number of nitrogens with zero attached hydrogens (tertiary/aromatic N) is 3. The Bertz CT molecular complexity index is 477. The fourth-order valence-electron chi connectivity index (χ4n) is 1.93. The molecule has 3 nitrogen and oxygen atoms in total. The van der Waals surface area contributed by atoms with E-state index >= 15 is 0 Å². The maximum atomic E-state index is 4.60. The van der Waals surface area contributed by atoms with Gasteiger partial charge in [0.25, 0.3) is 0 Å². The van der Waals surface area contributed by atoms with Crippen molar-refractivity contribution >= 4 is 5.65 Å². The summed E-state index contributed by atoms with van der Waals surface area (Å²) in [5.41, 5.74) is 3.40. The zero-order valence-electron chi connectivity index (χ0n) is 9.78. The van der Waals surface area contributed by atoms with Gasteiger partial charge in [-0.15, -0.1) is 0 Å². The second-order valence-corrected chi connectivity index (χ2v) is 4.80. The van der Waals surface area contributed by atoms with E-state index < -0.39 is 0 Å². The third-order valence-corrected chi connectivity index (χ3v) is 2.51. The van der Waals surface area contributed by atoms with Crippen LogP contribution in [0.3, 0.4) is 0 Å². The number of hydrogen-bond donors (Lipinski definition) is 0. The number of fused-ring (bicyclic) bond motifs is 1. The Kier molecular flexibility index (Phi) is 2.25. The van der Waals surface area contributed by atoms with Gasteiger partial charge in [-0.05, 0) is 18.6 Å². The number of aromatic nitrogens is 3. The standard InChI is InChI=1S/C12H17N3/c1-5-9-11(12(2,3)4)15-10(14-9)7-6-8-13-15/h6-8H,5H2,1-4H3. The number of hydrogen-bond acceptors (Lipinski definition) is 2. The minimum atomic E-state index is 0.0825. The number of aryl methyl sites for hydroxylation is 1. The van der Waals surface area contributed by atoms with Crippen LogP contribution in [0, 0.1) is 0 Å². The quantitative estimate of drug-likeness (QED) is 0.713. The molecule has 2 aromatic rings. The van der Waals surface area contributed by atoms with Gasteiger partial charge in [0.2, 0.25) is 0 Å². The number of imidazole rings is 1. The summed E-state index contributed by atoms with van der Waals surface area (Å²) in [7, 11) is 0. The summed E-state index contributed by atoms with van der Waals surface area (Å²) in [6, 6.07) is 3.93. The first-order valence-corrected chi connectivity index (χ1v) is 5.37. The summed E-state index contributed by atoms with van der Waals surface area (Å²) in [4.78, 5) is 4.60. The lowest BCUT2D eigenvalue weighted by Crippen LogP contribution is -2.17. The van der Waals surface area contributed by atoms with Crippen molar-refractivity contribution < 1.29 is 0 Å². The van der Waals surface area contributed by atoms with Crippen LogP contribution in [0.5, 0.6) is 0 Å². The van der Waals surface area contributed by atoms with Crippen molar-refractivity contribution in [3.05, 3.63) is 29.7 Å². The van der Waals surface area contributed by atoms with E-state index in [-0.39, 0.29) is 5.41 Å². The first-order chi connectivity index (χ1) is 7.04. The van der Waals surface area contributed by atoms with Crippen LogP contribution in [0.15, 0.2) is 18.3 Å². The maximum absolute atomic E-state index is 4.60. The van der Waals surface area contributed by atoms with Crippen LogP contribution in [0.1, 0.15) is 39.1 Å². The molecule has 0 fully saturated rings. The SMILES string of the molecule is CCc1nc2cccnn2c1C(C)(C)C. The van der Waals surface area contributed by atoms with E-state index in [1.807, 2.05) is 22.8 Å². The van der Waals surface area contributed by atoms with Gasteiger partial charge in [0.1, 0.15) is 0 Å². The summed E-state index contributed by atoms with van der Waals surface area (Å²) in [6.07, 6.45) is 2.76. The minimum Gasteiger partial charge on any atom is -0.232 e. The topological polar surface area (TPSA) is 30.2 Å². The maximum Gasteiger partial charge on any atom is 0.154 e. The number of rotatable bonds is 1. The molecule has 15 heavy (non-hydrogen) atoms. The van der Waals surface area contributed by atoms with Crippen molar-refractivity contribution in [2.75, 3.05) is 0 Å². The van der Waals surface area contributed by atoms with Gasteiger partial charge in [0, 0.05) is 11.6 Å². The molecule has 0 aliphatic heterocycles. The molecule has 0 saturated heterocycles. The molecule has 0 spiro atoms. The van der Waals surface area contributed by atoms with E-state index in [0.29, 0.717) is 0 Å². The Morgan fingerprint density at radius 1 is 1.33 bits per heavy atom. The molecule has 0 radical (unpaired) electrons. The van der Waals surface area contributed by atoms with Gasteiger partial charge in [-0.3, -0.25) is 0 Å². The summed E-state index contributed by atoms with van der Waals surface area (Å²) in [5.74, 6) is 0. The third kappa shape index (κ3) is 1.62. The van der Waals surface area contributed by atoms with Crippen LogP contribution in [0.2, 0.25) is 0 Å². The Labute approximate surface area is 90.1 Å². The van der Waals surface area contributed by atoms with Gasteiger partial charge in [-0.1, -0.05) is 27.7 Å². The molecule has 2 rings (SSSR count). The molecule has 2 heterocycles. The zero-order chi connectivity index (χ0) is 11.1. The highest BCUT2D eigenvalue weighted by Crippen LogP contribution is 2.26. The van der Waals surface area contributed by atoms with Gasteiger partial charge >= 0.3 is 0 Å².